The summed E-state index contributed by atoms with van der Waals surface area (Å²) in [6.45, 7) is 11.3. The van der Waals surface area contributed by atoms with E-state index in [-0.39, 0.29) is 0 Å². The number of hydrogen-bond donors (Lipinski definition) is 0. The molecule has 0 amide bonds. The van der Waals surface area contributed by atoms with Crippen LogP contribution < -0.4 is 0 Å². The molecule has 1 saturated carbocycles. The molecule has 0 saturated heterocycles. The third kappa shape index (κ3) is 1.68. The van der Waals surface area contributed by atoms with Crippen molar-refractivity contribution in [3.8, 4) is 0 Å². The van der Waals surface area contributed by atoms with E-state index in [1.54, 1.807) is 0 Å². The molecule has 0 bridgehead atoms. The first kappa shape index (κ1) is 11.0. The van der Waals surface area contributed by atoms with Crippen LogP contribution in [-0.2, 0) is 0 Å². The van der Waals surface area contributed by atoms with E-state index in [2.05, 4.69) is 39.5 Å². The van der Waals surface area contributed by atoms with Crippen LogP contribution in [0.5, 0.6) is 0 Å². The molecule has 0 heterocycles. The molecule has 2 aliphatic carbocycles. The Hall–Kier alpha value is -0.520. The third-order valence-electron chi connectivity index (χ3n) is 4.83. The van der Waals surface area contributed by atoms with Crippen molar-refractivity contribution in [2.45, 2.75) is 46.5 Å². The van der Waals surface area contributed by atoms with Crippen LogP contribution >= 0.6 is 0 Å². The van der Waals surface area contributed by atoms with Gasteiger partial charge in [0.05, 0.1) is 0 Å². The molecule has 0 aliphatic heterocycles. The fourth-order valence-corrected chi connectivity index (χ4v) is 3.82. The molecule has 0 radical (unpaired) electrons. The standard InChI is InChI=1S/C15H24/c1-11(2)14-6-5-13(4)15(14)9-7-12(3)8-10-15/h7,9,11,13-14H,3,5-6,8,10H2,1-2,4H3/t13-,14-,15-/m0/s1. The monoisotopic (exact) mass is 204 g/mol. The van der Waals surface area contributed by atoms with Crippen molar-refractivity contribution in [1.29, 1.82) is 0 Å². The van der Waals surface area contributed by atoms with Crippen LogP contribution in [-0.4, -0.2) is 0 Å². The average Bonchev–Trinajstić information content (AvgIpc) is 2.50. The van der Waals surface area contributed by atoms with Gasteiger partial charge in [-0.3, -0.25) is 0 Å². The Labute approximate surface area is 94.5 Å². The maximum absolute atomic E-state index is 4.08. The van der Waals surface area contributed by atoms with Gasteiger partial charge in [-0.25, -0.2) is 0 Å². The van der Waals surface area contributed by atoms with Crippen LogP contribution in [0, 0.1) is 23.2 Å². The van der Waals surface area contributed by atoms with Crippen LogP contribution in [0.3, 0.4) is 0 Å². The lowest BCUT2D eigenvalue weighted by Gasteiger charge is -2.41. The van der Waals surface area contributed by atoms with Gasteiger partial charge >= 0.3 is 0 Å². The van der Waals surface area contributed by atoms with E-state index in [0.717, 1.165) is 17.8 Å². The molecule has 0 unspecified atom stereocenters. The van der Waals surface area contributed by atoms with Gasteiger partial charge in [0.1, 0.15) is 0 Å². The fourth-order valence-electron chi connectivity index (χ4n) is 3.82. The minimum absolute atomic E-state index is 0.509. The SMILES string of the molecule is C=C1C=C[C@]2(CC1)[C@@H](C)CC[C@H]2C(C)C. The molecule has 3 atom stereocenters. The molecule has 2 rings (SSSR count). The third-order valence-corrected chi connectivity index (χ3v) is 4.83. The number of rotatable bonds is 1. The van der Waals surface area contributed by atoms with Gasteiger partial charge in [0.2, 0.25) is 0 Å². The first-order chi connectivity index (χ1) is 7.06. The van der Waals surface area contributed by atoms with E-state index in [1.807, 2.05) is 0 Å². The number of allylic oxidation sites excluding steroid dienone is 3. The summed E-state index contributed by atoms with van der Waals surface area (Å²) >= 11 is 0. The molecule has 1 fully saturated rings. The van der Waals surface area contributed by atoms with Crippen LogP contribution in [0.1, 0.15) is 46.5 Å². The highest BCUT2D eigenvalue weighted by molar-refractivity contribution is 5.25. The average molecular weight is 204 g/mol. The first-order valence-corrected chi connectivity index (χ1v) is 6.43. The lowest BCUT2D eigenvalue weighted by molar-refractivity contribution is 0.150. The summed E-state index contributed by atoms with van der Waals surface area (Å²) in [4.78, 5) is 0. The normalized spacial score (nSPS) is 40.7. The maximum Gasteiger partial charge on any atom is -0.00556 e. The lowest BCUT2D eigenvalue weighted by atomic mass is 9.63. The second-order valence-corrected chi connectivity index (χ2v) is 5.93. The van der Waals surface area contributed by atoms with Gasteiger partial charge in [0.25, 0.3) is 0 Å². The van der Waals surface area contributed by atoms with Crippen molar-refractivity contribution in [3.05, 3.63) is 24.3 Å². The molecule has 0 N–H and O–H groups in total. The number of hydrogen-bond acceptors (Lipinski definition) is 0. The molecule has 0 nitrogen and oxygen atoms in total. The highest BCUT2D eigenvalue weighted by Crippen LogP contribution is 2.56. The minimum Gasteiger partial charge on any atom is -0.0958 e. The molecular weight excluding hydrogens is 180 g/mol. The van der Waals surface area contributed by atoms with Gasteiger partial charge in [-0.1, -0.05) is 45.1 Å². The molecule has 84 valence electrons. The zero-order chi connectivity index (χ0) is 11.1. The first-order valence-electron chi connectivity index (χ1n) is 6.43. The molecule has 0 aromatic carbocycles. The van der Waals surface area contributed by atoms with Crippen molar-refractivity contribution in [3.63, 3.8) is 0 Å². The van der Waals surface area contributed by atoms with Crippen LogP contribution in [0.25, 0.3) is 0 Å². The van der Waals surface area contributed by atoms with Gasteiger partial charge < -0.3 is 0 Å². The Morgan fingerprint density at radius 3 is 2.67 bits per heavy atom. The van der Waals surface area contributed by atoms with E-state index in [0.29, 0.717) is 5.41 Å². The Bertz CT molecular complexity index is 284. The second-order valence-electron chi connectivity index (χ2n) is 5.93. The maximum atomic E-state index is 4.08. The van der Waals surface area contributed by atoms with E-state index in [9.17, 15) is 0 Å². The van der Waals surface area contributed by atoms with E-state index < -0.39 is 0 Å². The topological polar surface area (TPSA) is 0 Å². The van der Waals surface area contributed by atoms with Gasteiger partial charge in [-0.15, -0.1) is 0 Å². The van der Waals surface area contributed by atoms with Crippen molar-refractivity contribution >= 4 is 0 Å². The Morgan fingerprint density at radius 1 is 1.40 bits per heavy atom. The molecule has 0 heteroatoms. The van der Waals surface area contributed by atoms with Gasteiger partial charge in [0, 0.05) is 0 Å². The van der Waals surface area contributed by atoms with Crippen LogP contribution in [0.2, 0.25) is 0 Å². The van der Waals surface area contributed by atoms with E-state index in [4.69, 9.17) is 0 Å². The fraction of sp³-hybridized carbons (Fsp3) is 0.733. The predicted molar refractivity (Wildman–Crippen MR) is 66.7 cm³/mol. The zero-order valence-corrected chi connectivity index (χ0v) is 10.4. The van der Waals surface area contributed by atoms with E-state index >= 15 is 0 Å². The molecule has 2 aliphatic rings. The predicted octanol–water partition coefficient (Wildman–Crippen LogP) is 4.58. The second kappa shape index (κ2) is 3.81. The Kier molecular flexibility index (Phi) is 2.79. The van der Waals surface area contributed by atoms with Crippen LogP contribution in [0.15, 0.2) is 24.3 Å². The molecule has 1 spiro atoms. The Morgan fingerprint density at radius 2 is 2.13 bits per heavy atom. The highest BCUT2D eigenvalue weighted by atomic mass is 14.5. The van der Waals surface area contributed by atoms with Crippen molar-refractivity contribution < 1.29 is 0 Å². The summed E-state index contributed by atoms with van der Waals surface area (Å²) in [5, 5.41) is 0. The van der Waals surface area contributed by atoms with E-state index in [1.165, 1.54) is 31.3 Å². The largest absolute Gasteiger partial charge is 0.0958 e. The summed E-state index contributed by atoms with van der Waals surface area (Å²) in [6, 6.07) is 0. The summed E-state index contributed by atoms with van der Waals surface area (Å²) in [6.07, 6.45) is 10.2. The summed E-state index contributed by atoms with van der Waals surface area (Å²) in [5.41, 5.74) is 1.83. The molecule has 0 aromatic rings. The smallest absolute Gasteiger partial charge is 0.00556 e. The summed E-state index contributed by atoms with van der Waals surface area (Å²) < 4.78 is 0. The summed E-state index contributed by atoms with van der Waals surface area (Å²) in [5.74, 6) is 2.59. The zero-order valence-electron chi connectivity index (χ0n) is 10.4. The Balaban J connectivity index is 2.30. The molecule has 15 heavy (non-hydrogen) atoms. The van der Waals surface area contributed by atoms with Crippen molar-refractivity contribution in [2.24, 2.45) is 23.2 Å². The van der Waals surface area contributed by atoms with Crippen LogP contribution in [0.4, 0.5) is 0 Å². The van der Waals surface area contributed by atoms with Gasteiger partial charge in [-0.2, -0.15) is 0 Å². The van der Waals surface area contributed by atoms with Crippen molar-refractivity contribution in [1.82, 2.24) is 0 Å². The lowest BCUT2D eigenvalue weighted by Crippen LogP contribution is -2.33. The molecule has 0 aromatic heterocycles. The summed E-state index contributed by atoms with van der Waals surface area (Å²) in [7, 11) is 0. The quantitative estimate of drug-likeness (QED) is 0.586. The minimum atomic E-state index is 0.509. The highest BCUT2D eigenvalue weighted by Gasteiger charge is 2.47. The van der Waals surface area contributed by atoms with Gasteiger partial charge in [0.15, 0.2) is 0 Å². The molecular formula is C15H24. The van der Waals surface area contributed by atoms with Gasteiger partial charge in [-0.05, 0) is 48.9 Å². The van der Waals surface area contributed by atoms with Crippen molar-refractivity contribution in [2.75, 3.05) is 0 Å².